The molecule has 1 atom stereocenters. The third-order valence-corrected chi connectivity index (χ3v) is 8.85. The van der Waals surface area contributed by atoms with Crippen molar-refractivity contribution in [3.05, 3.63) is 29.8 Å². The Kier molecular flexibility index (Phi) is 5.61. The van der Waals surface area contributed by atoms with Gasteiger partial charge in [-0.25, -0.2) is 12.7 Å². The summed E-state index contributed by atoms with van der Waals surface area (Å²) >= 11 is 0. The highest BCUT2D eigenvalue weighted by Gasteiger charge is 2.66. The van der Waals surface area contributed by atoms with Crippen molar-refractivity contribution in [2.75, 3.05) is 52.6 Å². The van der Waals surface area contributed by atoms with Crippen LogP contribution in [0.3, 0.4) is 0 Å². The summed E-state index contributed by atoms with van der Waals surface area (Å²) in [6.45, 7) is 6.83. The van der Waals surface area contributed by atoms with Crippen LogP contribution in [0.1, 0.15) is 31.7 Å². The van der Waals surface area contributed by atoms with Gasteiger partial charge in [-0.3, -0.25) is 9.69 Å². The molecule has 3 saturated heterocycles. The van der Waals surface area contributed by atoms with Crippen molar-refractivity contribution in [2.45, 2.75) is 32.7 Å². The van der Waals surface area contributed by atoms with Crippen LogP contribution in [0.25, 0.3) is 0 Å². The second-order valence-corrected chi connectivity index (χ2v) is 11.1. The molecule has 3 heterocycles. The van der Waals surface area contributed by atoms with Gasteiger partial charge in [0.2, 0.25) is 15.9 Å². The van der Waals surface area contributed by atoms with Crippen molar-refractivity contribution in [3.63, 3.8) is 0 Å². The lowest BCUT2D eigenvalue weighted by atomic mass is 9.60. The molecule has 4 rings (SSSR count). The molecule has 1 aromatic rings. The van der Waals surface area contributed by atoms with E-state index in [0.29, 0.717) is 19.6 Å². The number of ether oxygens (including phenoxy) is 1. The predicted molar refractivity (Wildman–Crippen MR) is 116 cm³/mol. The van der Waals surface area contributed by atoms with E-state index in [9.17, 15) is 13.2 Å². The Morgan fingerprint density at radius 1 is 1.10 bits per heavy atom. The molecule has 0 N–H and O–H groups in total. The molecule has 30 heavy (non-hydrogen) atoms. The maximum Gasteiger partial charge on any atom is 0.230 e. The van der Waals surface area contributed by atoms with E-state index >= 15 is 0 Å². The van der Waals surface area contributed by atoms with Crippen LogP contribution in [0, 0.1) is 10.8 Å². The smallest absolute Gasteiger partial charge is 0.230 e. The molecular formula is C22H33N3O4S. The van der Waals surface area contributed by atoms with Gasteiger partial charge in [-0.1, -0.05) is 12.1 Å². The molecule has 3 aliphatic heterocycles. The van der Waals surface area contributed by atoms with E-state index in [0.717, 1.165) is 51.2 Å². The Labute approximate surface area is 180 Å². The number of benzene rings is 1. The maximum atomic E-state index is 13.4. The minimum Gasteiger partial charge on any atom is -0.497 e. The fraction of sp³-hybridized carbons (Fsp3) is 0.682. The first-order valence-electron chi connectivity index (χ1n) is 10.8. The largest absolute Gasteiger partial charge is 0.497 e. The van der Waals surface area contributed by atoms with Crippen molar-refractivity contribution in [1.29, 1.82) is 0 Å². The Balaban J connectivity index is 1.54. The lowest BCUT2D eigenvalue weighted by Crippen LogP contribution is -2.52. The SMILES string of the molecule is CCN1CCC2(CN(S(C)(=O)=O)CC23CCN(Cc2cccc(OC)c2)CC3)C1=O. The molecule has 1 aromatic carbocycles. The number of amides is 1. The van der Waals surface area contributed by atoms with E-state index in [2.05, 4.69) is 17.0 Å². The van der Waals surface area contributed by atoms with Gasteiger partial charge in [0.1, 0.15) is 5.75 Å². The Hall–Kier alpha value is -1.64. The van der Waals surface area contributed by atoms with Crippen LogP contribution < -0.4 is 4.74 Å². The molecule has 0 aromatic heterocycles. The van der Waals surface area contributed by atoms with Crippen LogP contribution in [0.2, 0.25) is 0 Å². The fourth-order valence-corrected chi connectivity index (χ4v) is 6.77. The van der Waals surface area contributed by atoms with Gasteiger partial charge in [-0.05, 0) is 57.0 Å². The molecule has 2 spiro atoms. The predicted octanol–water partition coefficient (Wildman–Crippen LogP) is 1.79. The summed E-state index contributed by atoms with van der Waals surface area (Å²) in [7, 11) is -1.65. The highest BCUT2D eigenvalue weighted by Crippen LogP contribution is 2.58. The fourth-order valence-electron chi connectivity index (χ4n) is 5.83. The standard InChI is InChI=1S/C22H33N3O4S/c1-4-24-13-10-22(20(24)26)17-25(30(3,27)28)16-21(22)8-11-23(12-9-21)15-18-6-5-7-19(14-18)29-2/h5-7,14H,4,8-13,15-17H2,1-3H3. The second-order valence-electron chi connectivity index (χ2n) is 9.16. The van der Waals surface area contributed by atoms with E-state index in [-0.39, 0.29) is 11.3 Å². The van der Waals surface area contributed by atoms with Crippen LogP contribution in [0.15, 0.2) is 24.3 Å². The highest BCUT2D eigenvalue weighted by atomic mass is 32.2. The Morgan fingerprint density at radius 3 is 2.43 bits per heavy atom. The highest BCUT2D eigenvalue weighted by molar-refractivity contribution is 7.88. The molecule has 7 nitrogen and oxygen atoms in total. The number of likely N-dealkylation sites (tertiary alicyclic amines) is 2. The van der Waals surface area contributed by atoms with E-state index in [4.69, 9.17) is 4.74 Å². The van der Waals surface area contributed by atoms with Crippen molar-refractivity contribution in [3.8, 4) is 5.75 Å². The van der Waals surface area contributed by atoms with Crippen molar-refractivity contribution in [2.24, 2.45) is 10.8 Å². The van der Waals surface area contributed by atoms with E-state index in [1.165, 1.54) is 11.8 Å². The summed E-state index contributed by atoms with van der Waals surface area (Å²) in [6.07, 6.45) is 3.74. The molecule has 3 aliphatic rings. The van der Waals surface area contributed by atoms with Gasteiger partial charge in [0.05, 0.1) is 18.8 Å². The zero-order valence-electron chi connectivity index (χ0n) is 18.3. The first-order chi connectivity index (χ1) is 14.2. The average molecular weight is 436 g/mol. The summed E-state index contributed by atoms with van der Waals surface area (Å²) in [4.78, 5) is 17.7. The maximum absolute atomic E-state index is 13.4. The molecule has 3 fully saturated rings. The van der Waals surface area contributed by atoms with Crippen LogP contribution >= 0.6 is 0 Å². The number of carbonyl (C=O) groups is 1. The number of methoxy groups -OCH3 is 1. The zero-order valence-corrected chi connectivity index (χ0v) is 19.1. The van der Waals surface area contributed by atoms with Gasteiger partial charge in [0.25, 0.3) is 0 Å². The monoisotopic (exact) mass is 435 g/mol. The molecule has 1 amide bonds. The number of hydrogen-bond donors (Lipinski definition) is 0. The summed E-state index contributed by atoms with van der Waals surface area (Å²) < 4.78 is 31.7. The summed E-state index contributed by atoms with van der Waals surface area (Å²) in [5.74, 6) is 1.02. The first kappa shape index (κ1) is 21.6. The van der Waals surface area contributed by atoms with Gasteiger partial charge in [0, 0.05) is 38.1 Å². The molecular weight excluding hydrogens is 402 g/mol. The normalized spacial score (nSPS) is 27.4. The van der Waals surface area contributed by atoms with Crippen molar-refractivity contribution in [1.82, 2.24) is 14.1 Å². The summed E-state index contributed by atoms with van der Waals surface area (Å²) in [5, 5.41) is 0. The van der Waals surface area contributed by atoms with Crippen LogP contribution in [0.4, 0.5) is 0 Å². The van der Waals surface area contributed by atoms with Gasteiger partial charge >= 0.3 is 0 Å². The summed E-state index contributed by atoms with van der Waals surface area (Å²) in [5.41, 5.74) is 0.383. The Morgan fingerprint density at radius 2 is 1.83 bits per heavy atom. The minimum atomic E-state index is -3.32. The lowest BCUT2D eigenvalue weighted by molar-refractivity contribution is -0.142. The zero-order chi connectivity index (χ0) is 21.6. The topological polar surface area (TPSA) is 70.2 Å². The van der Waals surface area contributed by atoms with Crippen LogP contribution in [-0.4, -0.2) is 81.1 Å². The number of nitrogens with zero attached hydrogens (tertiary/aromatic N) is 3. The molecule has 0 bridgehead atoms. The second kappa shape index (κ2) is 7.80. The minimum absolute atomic E-state index is 0.164. The van der Waals surface area contributed by atoms with Crippen LogP contribution in [0.5, 0.6) is 5.75 Å². The van der Waals surface area contributed by atoms with Crippen LogP contribution in [-0.2, 0) is 21.4 Å². The molecule has 1 unspecified atom stereocenters. The number of fused-ring (bicyclic) bond motifs is 1. The average Bonchev–Trinajstić information content (AvgIpc) is 3.23. The van der Waals surface area contributed by atoms with Crippen molar-refractivity contribution < 1.29 is 17.9 Å². The Bertz CT molecular complexity index is 911. The lowest BCUT2D eigenvalue weighted by Gasteiger charge is -2.47. The quantitative estimate of drug-likeness (QED) is 0.705. The van der Waals surface area contributed by atoms with E-state index < -0.39 is 15.4 Å². The number of hydrogen-bond acceptors (Lipinski definition) is 5. The number of sulfonamides is 1. The number of rotatable bonds is 5. The third kappa shape index (κ3) is 3.52. The van der Waals surface area contributed by atoms with Gasteiger partial charge in [-0.15, -0.1) is 0 Å². The molecule has 166 valence electrons. The molecule has 0 radical (unpaired) electrons. The van der Waals surface area contributed by atoms with E-state index in [1.807, 2.05) is 24.0 Å². The van der Waals surface area contributed by atoms with Gasteiger partial charge in [-0.2, -0.15) is 0 Å². The van der Waals surface area contributed by atoms with Gasteiger partial charge in [0.15, 0.2) is 0 Å². The molecule has 0 aliphatic carbocycles. The van der Waals surface area contributed by atoms with Gasteiger partial charge < -0.3 is 9.64 Å². The van der Waals surface area contributed by atoms with Crippen molar-refractivity contribution >= 4 is 15.9 Å². The first-order valence-corrected chi connectivity index (χ1v) is 12.7. The molecule has 8 heteroatoms. The third-order valence-electron chi connectivity index (χ3n) is 7.65. The number of piperidine rings is 1. The summed E-state index contributed by atoms with van der Waals surface area (Å²) in [6, 6.07) is 8.12. The molecule has 0 saturated carbocycles. The number of carbonyl (C=O) groups excluding carboxylic acids is 1. The van der Waals surface area contributed by atoms with E-state index in [1.54, 1.807) is 11.4 Å².